The molecular weight excluding hydrogens is 276 g/mol. The zero-order chi connectivity index (χ0) is 14.9. The Hall–Kier alpha value is -1.52. The number of aromatic nitrogens is 2. The molecule has 0 spiro atoms. The Kier molecular flexibility index (Phi) is 4.35. The fourth-order valence-electron chi connectivity index (χ4n) is 2.10. The first kappa shape index (κ1) is 14.9. The molecule has 1 N–H and O–H groups in total. The Balaban J connectivity index is 2.24. The number of halogens is 1. The van der Waals surface area contributed by atoms with Crippen molar-refractivity contribution in [3.05, 3.63) is 45.7 Å². The van der Waals surface area contributed by atoms with Gasteiger partial charge in [-0.15, -0.1) is 0 Å². The van der Waals surface area contributed by atoms with Crippen LogP contribution in [0.3, 0.4) is 0 Å². The second-order valence-electron chi connectivity index (χ2n) is 4.98. The van der Waals surface area contributed by atoms with Crippen LogP contribution in [-0.2, 0) is 13.7 Å². The van der Waals surface area contributed by atoms with Crippen LogP contribution in [0.2, 0.25) is 5.15 Å². The van der Waals surface area contributed by atoms with Crippen molar-refractivity contribution in [1.29, 1.82) is 0 Å². The number of nitrogens with zero attached hydrogens (tertiary/aromatic N) is 2. The Morgan fingerprint density at radius 3 is 2.65 bits per heavy atom. The maximum Gasteiger partial charge on any atom is 0.133 e. The lowest BCUT2D eigenvalue weighted by atomic mass is 10.1. The first-order valence-corrected chi connectivity index (χ1v) is 6.87. The molecule has 0 aliphatic carbocycles. The van der Waals surface area contributed by atoms with Crippen LogP contribution in [0.5, 0.6) is 5.75 Å². The lowest BCUT2D eigenvalue weighted by Crippen LogP contribution is -2.02. The van der Waals surface area contributed by atoms with E-state index >= 15 is 0 Å². The van der Waals surface area contributed by atoms with Gasteiger partial charge < -0.3 is 9.84 Å². The Morgan fingerprint density at radius 1 is 1.40 bits per heavy atom. The second kappa shape index (κ2) is 5.85. The molecule has 1 heterocycles. The molecule has 5 heteroatoms. The van der Waals surface area contributed by atoms with Crippen LogP contribution in [0, 0.1) is 13.8 Å². The number of aryl methyl sites for hydroxylation is 3. The maximum absolute atomic E-state index is 9.78. The van der Waals surface area contributed by atoms with E-state index in [1.165, 1.54) is 0 Å². The summed E-state index contributed by atoms with van der Waals surface area (Å²) in [4.78, 5) is 0. The largest absolute Gasteiger partial charge is 0.488 e. The topological polar surface area (TPSA) is 47.3 Å². The van der Waals surface area contributed by atoms with Gasteiger partial charge in [0.1, 0.15) is 17.5 Å². The number of aliphatic hydroxyl groups excluding tert-OH is 1. The molecule has 4 nitrogen and oxygen atoms in total. The Labute approximate surface area is 123 Å². The van der Waals surface area contributed by atoms with E-state index in [1.54, 1.807) is 18.7 Å². The van der Waals surface area contributed by atoms with Gasteiger partial charge in [0.15, 0.2) is 0 Å². The fourth-order valence-corrected chi connectivity index (χ4v) is 2.33. The van der Waals surface area contributed by atoms with Crippen molar-refractivity contribution in [2.24, 2.45) is 7.05 Å². The molecule has 0 amide bonds. The van der Waals surface area contributed by atoms with E-state index < -0.39 is 6.10 Å². The molecule has 1 aromatic carbocycles. The van der Waals surface area contributed by atoms with E-state index in [-0.39, 0.29) is 0 Å². The van der Waals surface area contributed by atoms with Gasteiger partial charge in [-0.1, -0.05) is 23.7 Å². The molecule has 20 heavy (non-hydrogen) atoms. The molecule has 1 aromatic heterocycles. The van der Waals surface area contributed by atoms with Crippen molar-refractivity contribution >= 4 is 11.6 Å². The quantitative estimate of drug-likeness (QED) is 0.941. The number of hydrogen-bond donors (Lipinski definition) is 1. The summed E-state index contributed by atoms with van der Waals surface area (Å²) >= 11 is 6.18. The smallest absolute Gasteiger partial charge is 0.133 e. The normalized spacial score (nSPS) is 12.5. The van der Waals surface area contributed by atoms with E-state index in [2.05, 4.69) is 5.10 Å². The summed E-state index contributed by atoms with van der Waals surface area (Å²) in [5, 5.41) is 14.6. The molecular formula is C15H19ClN2O2. The van der Waals surface area contributed by atoms with Crippen LogP contribution in [0.15, 0.2) is 18.2 Å². The summed E-state index contributed by atoms with van der Waals surface area (Å²) in [5.41, 5.74) is 3.57. The predicted octanol–water partition coefficient (Wildman–Crippen LogP) is 3.32. The third kappa shape index (κ3) is 2.97. The number of benzene rings is 1. The molecule has 0 saturated heterocycles. The Bertz CT molecular complexity index is 621. The molecule has 0 aliphatic rings. The SMILES string of the molecule is Cc1ccc([C@@H](C)O)c(OCc2c(C)nn(C)c2Cl)c1. The molecule has 108 valence electrons. The van der Waals surface area contributed by atoms with Gasteiger partial charge in [-0.25, -0.2) is 0 Å². The standard InChI is InChI=1S/C15H19ClN2O2/c1-9-5-6-12(11(3)19)14(7-9)20-8-13-10(2)17-18(4)15(13)16/h5-7,11,19H,8H2,1-4H3/t11-/m1/s1. The minimum atomic E-state index is -0.573. The lowest BCUT2D eigenvalue weighted by molar-refractivity contribution is 0.190. The van der Waals surface area contributed by atoms with Crippen molar-refractivity contribution in [2.75, 3.05) is 0 Å². The maximum atomic E-state index is 9.78. The van der Waals surface area contributed by atoms with Crippen LogP contribution in [-0.4, -0.2) is 14.9 Å². The van der Waals surface area contributed by atoms with Crippen LogP contribution in [0.25, 0.3) is 0 Å². The third-order valence-corrected chi connectivity index (χ3v) is 3.73. The summed E-state index contributed by atoms with van der Waals surface area (Å²) in [6, 6.07) is 5.76. The molecule has 0 unspecified atom stereocenters. The van der Waals surface area contributed by atoms with E-state index in [4.69, 9.17) is 16.3 Å². The summed E-state index contributed by atoms with van der Waals surface area (Å²) in [7, 11) is 1.80. The zero-order valence-corrected chi connectivity index (χ0v) is 12.9. The highest BCUT2D eigenvalue weighted by Crippen LogP contribution is 2.28. The van der Waals surface area contributed by atoms with Gasteiger partial charge in [-0.2, -0.15) is 5.10 Å². The van der Waals surface area contributed by atoms with E-state index in [0.717, 1.165) is 22.4 Å². The van der Waals surface area contributed by atoms with Crippen LogP contribution in [0.4, 0.5) is 0 Å². The molecule has 0 aliphatic heterocycles. The van der Waals surface area contributed by atoms with Crippen molar-refractivity contribution in [3.63, 3.8) is 0 Å². The van der Waals surface area contributed by atoms with Crippen LogP contribution < -0.4 is 4.74 Å². The Morgan fingerprint density at radius 2 is 2.10 bits per heavy atom. The fraction of sp³-hybridized carbons (Fsp3) is 0.400. The van der Waals surface area contributed by atoms with Gasteiger partial charge >= 0.3 is 0 Å². The molecule has 2 aromatic rings. The van der Waals surface area contributed by atoms with Gasteiger partial charge in [0.05, 0.1) is 11.8 Å². The van der Waals surface area contributed by atoms with Gasteiger partial charge in [0.2, 0.25) is 0 Å². The van der Waals surface area contributed by atoms with Crippen molar-refractivity contribution in [2.45, 2.75) is 33.5 Å². The molecule has 0 fully saturated rings. The number of aliphatic hydroxyl groups is 1. The van der Waals surface area contributed by atoms with Gasteiger partial charge in [-0.05, 0) is 32.4 Å². The highest BCUT2D eigenvalue weighted by molar-refractivity contribution is 6.30. The van der Waals surface area contributed by atoms with E-state index in [1.807, 2.05) is 32.0 Å². The van der Waals surface area contributed by atoms with Crippen molar-refractivity contribution < 1.29 is 9.84 Å². The molecule has 2 rings (SSSR count). The van der Waals surface area contributed by atoms with E-state index in [0.29, 0.717) is 17.5 Å². The van der Waals surface area contributed by atoms with Gasteiger partial charge in [0.25, 0.3) is 0 Å². The average molecular weight is 295 g/mol. The van der Waals surface area contributed by atoms with Gasteiger partial charge in [0, 0.05) is 18.2 Å². The monoisotopic (exact) mass is 294 g/mol. The first-order chi connectivity index (χ1) is 9.40. The highest BCUT2D eigenvalue weighted by atomic mass is 35.5. The van der Waals surface area contributed by atoms with Crippen molar-refractivity contribution in [3.8, 4) is 5.75 Å². The minimum Gasteiger partial charge on any atom is -0.488 e. The van der Waals surface area contributed by atoms with Gasteiger partial charge in [-0.3, -0.25) is 4.68 Å². The third-order valence-electron chi connectivity index (χ3n) is 3.26. The number of rotatable bonds is 4. The highest BCUT2D eigenvalue weighted by Gasteiger charge is 2.14. The second-order valence-corrected chi connectivity index (χ2v) is 5.34. The number of ether oxygens (including phenoxy) is 1. The summed E-state index contributed by atoms with van der Waals surface area (Å²) in [6.45, 7) is 5.94. The molecule has 0 bridgehead atoms. The predicted molar refractivity (Wildman–Crippen MR) is 79.1 cm³/mol. The summed E-state index contributed by atoms with van der Waals surface area (Å²) in [5.74, 6) is 0.680. The number of hydrogen-bond acceptors (Lipinski definition) is 3. The minimum absolute atomic E-state index is 0.335. The lowest BCUT2D eigenvalue weighted by Gasteiger charge is -2.14. The van der Waals surface area contributed by atoms with E-state index in [9.17, 15) is 5.11 Å². The molecule has 1 atom stereocenters. The summed E-state index contributed by atoms with van der Waals surface area (Å²) in [6.07, 6.45) is -0.573. The van der Waals surface area contributed by atoms with Crippen molar-refractivity contribution in [1.82, 2.24) is 9.78 Å². The zero-order valence-electron chi connectivity index (χ0n) is 12.1. The summed E-state index contributed by atoms with van der Waals surface area (Å²) < 4.78 is 7.47. The molecule has 0 radical (unpaired) electrons. The average Bonchev–Trinajstić information content (AvgIpc) is 2.61. The molecule has 0 saturated carbocycles. The van der Waals surface area contributed by atoms with Crippen LogP contribution in [0.1, 0.15) is 35.4 Å². The first-order valence-electron chi connectivity index (χ1n) is 6.49. The van der Waals surface area contributed by atoms with Crippen LogP contribution >= 0.6 is 11.6 Å².